The first-order chi connectivity index (χ1) is 31.3. The van der Waals surface area contributed by atoms with Crippen LogP contribution in [0.2, 0.25) is 0 Å². The lowest BCUT2D eigenvalue weighted by atomic mass is 10.1. The SMILES string of the molecule is C#Cc1ccc(N2C[C@H]3C[C@@H]2CN3C2COC2)nc1.CC(C)(C)OC(=O)N1C[C@H]2C[C@@H]1CN2.Fc1ccc(I)cn1.Ic1ccc(N2C[C@H]3C[C@@H]2CN3C2COC2)nc1.S=S=S=S=S=S. The zero-order chi connectivity index (χ0) is 46.1. The summed E-state index contributed by atoms with van der Waals surface area (Å²) in [7, 11) is 5.63. The van der Waals surface area contributed by atoms with Crippen LogP contribution in [-0.4, -0.2) is 155 Å². The molecule has 8 aliphatic rings. The second-order valence-electron chi connectivity index (χ2n) is 17.8. The molecule has 0 saturated carbocycles. The van der Waals surface area contributed by atoms with Gasteiger partial charge in [0, 0.05) is 165 Å². The molecular formula is C43H54FI2N9O4S6. The summed E-state index contributed by atoms with van der Waals surface area (Å²) in [6.07, 6.45) is 14.1. The first kappa shape index (κ1) is 51.2. The Labute approximate surface area is 430 Å². The number of carbonyl (C=O) groups excluding carboxylic acids is 1. The number of terminal acetylenes is 1. The number of likely N-dealkylation sites (tertiary alicyclic amines) is 3. The molecule has 8 aliphatic heterocycles. The molecule has 0 aliphatic carbocycles. The highest BCUT2D eigenvalue weighted by atomic mass is 127. The summed E-state index contributed by atoms with van der Waals surface area (Å²) in [6, 6.07) is 16.2. The first-order valence-electron chi connectivity index (χ1n) is 21.5. The van der Waals surface area contributed by atoms with Crippen molar-refractivity contribution in [3.05, 3.63) is 73.6 Å². The maximum Gasteiger partial charge on any atom is 0.410 e. The molecule has 3 aromatic rings. The molecule has 6 bridgehead atoms. The van der Waals surface area contributed by atoms with Crippen molar-refractivity contribution in [1.29, 1.82) is 0 Å². The predicted octanol–water partition coefficient (Wildman–Crippen LogP) is 4.85. The summed E-state index contributed by atoms with van der Waals surface area (Å²) in [5, 5.41) is 3.35. The number of pyridine rings is 3. The minimum Gasteiger partial charge on any atom is -0.444 e. The predicted molar refractivity (Wildman–Crippen MR) is 285 cm³/mol. The monoisotopic (exact) mass is 1230 g/mol. The quantitative estimate of drug-likeness (QED) is 0.219. The summed E-state index contributed by atoms with van der Waals surface area (Å²) in [5.74, 6) is 4.40. The van der Waals surface area contributed by atoms with Crippen molar-refractivity contribution in [2.75, 3.05) is 75.5 Å². The molecule has 11 rings (SSSR count). The van der Waals surface area contributed by atoms with E-state index in [4.69, 9.17) is 20.6 Å². The zero-order valence-corrected chi connectivity index (χ0v) is 45.6. The van der Waals surface area contributed by atoms with E-state index in [1.165, 1.54) is 70.7 Å². The fourth-order valence-electron chi connectivity index (χ4n) is 9.35. The molecule has 0 spiro atoms. The highest BCUT2D eigenvalue weighted by Crippen LogP contribution is 2.37. The van der Waals surface area contributed by atoms with E-state index in [0.717, 1.165) is 86.3 Å². The van der Waals surface area contributed by atoms with Gasteiger partial charge in [-0.1, -0.05) is 5.92 Å². The topological polar surface area (TPSA) is 112 Å². The third-order valence-corrected chi connectivity index (χ3v) is 20.4. The molecule has 0 aromatic carbocycles. The number of nitrogens with one attached hydrogen (secondary N) is 1. The van der Waals surface area contributed by atoms with Crippen molar-refractivity contribution in [2.24, 2.45) is 0 Å². The van der Waals surface area contributed by atoms with Crippen LogP contribution >= 0.6 is 45.2 Å². The van der Waals surface area contributed by atoms with Gasteiger partial charge >= 0.3 is 6.09 Å². The van der Waals surface area contributed by atoms with E-state index in [9.17, 15) is 9.18 Å². The van der Waals surface area contributed by atoms with Crippen LogP contribution < -0.4 is 15.1 Å². The number of hydrogen-bond acceptors (Lipinski definition) is 14. The number of halogens is 3. The van der Waals surface area contributed by atoms with Crippen LogP contribution in [0.4, 0.5) is 20.8 Å². The summed E-state index contributed by atoms with van der Waals surface area (Å²) in [5.41, 5.74) is 0.466. The van der Waals surface area contributed by atoms with Crippen LogP contribution in [0.1, 0.15) is 45.6 Å². The highest BCUT2D eigenvalue weighted by Gasteiger charge is 2.49. The van der Waals surface area contributed by atoms with Crippen molar-refractivity contribution in [3.8, 4) is 12.3 Å². The number of aromatic nitrogens is 3. The molecule has 352 valence electrons. The molecule has 0 radical (unpaired) electrons. The lowest BCUT2D eigenvalue weighted by molar-refractivity contribution is -0.0708. The van der Waals surface area contributed by atoms with Crippen LogP contribution in [0.15, 0.2) is 55.0 Å². The maximum atomic E-state index is 12.0. The minimum atomic E-state index is -0.426. The van der Waals surface area contributed by atoms with Gasteiger partial charge in [-0.15, -0.1) is 6.42 Å². The van der Waals surface area contributed by atoms with E-state index in [1.54, 1.807) is 12.3 Å². The van der Waals surface area contributed by atoms with Crippen molar-refractivity contribution in [3.63, 3.8) is 0 Å². The second kappa shape index (κ2) is 24.3. The number of piperazine rings is 3. The number of nitrogens with zero attached hydrogens (tertiary/aromatic N) is 8. The molecule has 22 heteroatoms. The number of anilines is 2. The smallest absolute Gasteiger partial charge is 0.410 e. The number of fused-ring (bicyclic) bond motifs is 6. The average molecular weight is 1230 g/mol. The average Bonchev–Trinajstić information content (AvgIpc) is 4.14. The lowest BCUT2D eigenvalue weighted by Crippen LogP contribution is -2.56. The van der Waals surface area contributed by atoms with Crippen LogP contribution in [0.25, 0.3) is 0 Å². The Kier molecular flexibility index (Phi) is 19.1. The van der Waals surface area contributed by atoms with Gasteiger partial charge < -0.3 is 34.2 Å². The van der Waals surface area contributed by atoms with E-state index in [2.05, 4.69) is 125 Å². The van der Waals surface area contributed by atoms with Crippen LogP contribution in [0.3, 0.4) is 0 Å². The molecule has 65 heavy (non-hydrogen) atoms. The standard InChI is InChI=1S/C15H17N3O.C13H16IN3O.C10H18N2O2.C5H3FIN.S6/c1-2-11-3-4-15(16-6-11)18-8-12-5-13(18)7-17(12)14-9-19-10-14;14-9-1-2-13(15-4-9)17-6-10-3-11(17)5-16(10)12-7-18-8-12;1-10(2,3)14-9(13)12-6-7-4-8(12)5-11-7;6-5-2-1-4(7)3-8-5;1-3-5-6-4-2/h1,3-4,6,12-14H,5,7-10H2;1-2,4,10-12H,3,5-8H2;7-8,11H,4-6H2,1-3H3;1-3H;/t12-,13-;10-,11-;7-,8-;;/m111../s1. The number of ether oxygens (including phenoxy) is 3. The van der Waals surface area contributed by atoms with Gasteiger partial charge in [0.05, 0.1) is 38.5 Å². The fourth-order valence-corrected chi connectivity index (χ4v) is 15.5. The molecular weight excluding hydrogens is 1170 g/mol. The van der Waals surface area contributed by atoms with Gasteiger partial charge in [0.1, 0.15) is 17.2 Å². The Morgan fingerprint density at radius 3 is 1.63 bits per heavy atom. The Morgan fingerprint density at radius 2 is 1.29 bits per heavy atom. The fraction of sp³-hybridized carbons (Fsp3) is 0.581. The third-order valence-electron chi connectivity index (χ3n) is 12.4. The van der Waals surface area contributed by atoms with Gasteiger partial charge in [0.2, 0.25) is 5.95 Å². The van der Waals surface area contributed by atoms with Crippen LogP contribution in [-0.2, 0) is 72.1 Å². The number of carbonyl (C=O) groups is 1. The van der Waals surface area contributed by atoms with E-state index >= 15 is 0 Å². The van der Waals surface area contributed by atoms with Gasteiger partial charge in [0.25, 0.3) is 0 Å². The minimum absolute atomic E-state index is 0.161. The van der Waals surface area contributed by atoms with E-state index in [0.29, 0.717) is 48.3 Å². The molecule has 6 atom stereocenters. The molecule has 8 saturated heterocycles. The Morgan fingerprint density at radius 1 is 0.754 bits per heavy atom. The van der Waals surface area contributed by atoms with Gasteiger partial charge in [-0.2, -0.15) is 4.39 Å². The molecule has 8 fully saturated rings. The van der Waals surface area contributed by atoms with Crippen molar-refractivity contribution >= 4 is 121 Å². The normalized spacial score (nSPS) is 26.1. The van der Waals surface area contributed by atoms with Crippen molar-refractivity contribution in [1.82, 2.24) is 35.0 Å². The number of rotatable bonds is 4. The molecule has 1 N–H and O–H groups in total. The lowest BCUT2D eigenvalue weighted by Gasteiger charge is -2.42. The molecule has 13 nitrogen and oxygen atoms in total. The molecule has 1 amide bonds. The third kappa shape index (κ3) is 14.0. The van der Waals surface area contributed by atoms with Gasteiger partial charge in [-0.25, -0.2) is 19.7 Å². The van der Waals surface area contributed by atoms with Crippen LogP contribution in [0, 0.1) is 25.4 Å². The zero-order valence-electron chi connectivity index (χ0n) is 36.4. The molecule has 11 heterocycles. The highest BCUT2D eigenvalue weighted by molar-refractivity contribution is 14.1. The largest absolute Gasteiger partial charge is 0.444 e. The summed E-state index contributed by atoms with van der Waals surface area (Å²) in [6.45, 7) is 15.7. The van der Waals surface area contributed by atoms with Gasteiger partial charge in [-0.3, -0.25) is 9.80 Å². The van der Waals surface area contributed by atoms with E-state index in [-0.39, 0.29) is 11.7 Å². The van der Waals surface area contributed by atoms with Crippen LogP contribution in [0.5, 0.6) is 0 Å². The van der Waals surface area contributed by atoms with Gasteiger partial charge in [-0.05, 0) is 122 Å². The number of amides is 1. The Bertz CT molecular complexity index is 2250. The number of hydrogen-bond donors (Lipinski definition) is 1. The van der Waals surface area contributed by atoms with Crippen molar-refractivity contribution < 1.29 is 23.4 Å². The molecule has 3 aromatic heterocycles. The first-order valence-corrected chi connectivity index (χ1v) is 30.3. The second-order valence-corrected chi connectivity index (χ2v) is 27.3. The van der Waals surface area contributed by atoms with Crippen molar-refractivity contribution in [2.45, 2.75) is 94.0 Å². The summed E-state index contributed by atoms with van der Waals surface area (Å²) < 4.78 is 30.1. The summed E-state index contributed by atoms with van der Waals surface area (Å²) in [4.78, 5) is 36.2. The van der Waals surface area contributed by atoms with E-state index in [1.807, 2.05) is 44.0 Å². The summed E-state index contributed by atoms with van der Waals surface area (Å²) >= 11 is 13.4. The molecule has 0 unspecified atom stereocenters. The Hall–Kier alpha value is -1.61. The van der Waals surface area contributed by atoms with Gasteiger partial charge in [0.15, 0.2) is 0 Å². The maximum absolute atomic E-state index is 12.0. The van der Waals surface area contributed by atoms with E-state index < -0.39 is 5.95 Å². The Balaban J connectivity index is 0.000000128.